The lowest BCUT2D eigenvalue weighted by Gasteiger charge is -2.04. The first-order chi connectivity index (χ1) is 13.7. The molecule has 0 atom stereocenters. The molecule has 1 amide bonds. The lowest BCUT2D eigenvalue weighted by molar-refractivity contribution is 0.102. The number of aromatic amines is 1. The third-order valence-electron chi connectivity index (χ3n) is 4.70. The molecular formula is C21H18N4OS2. The van der Waals surface area contributed by atoms with Crippen molar-refractivity contribution < 1.29 is 4.79 Å². The first kappa shape index (κ1) is 17.5. The van der Waals surface area contributed by atoms with Crippen molar-refractivity contribution in [2.24, 2.45) is 0 Å². The Kier molecular flexibility index (Phi) is 4.62. The predicted octanol–water partition coefficient (Wildman–Crippen LogP) is 5.44. The third kappa shape index (κ3) is 3.81. The van der Waals surface area contributed by atoms with Crippen LogP contribution in [0.3, 0.4) is 0 Å². The van der Waals surface area contributed by atoms with Gasteiger partial charge in [-0.1, -0.05) is 36.0 Å². The van der Waals surface area contributed by atoms with Crippen LogP contribution < -0.4 is 5.32 Å². The fourth-order valence-corrected chi connectivity index (χ4v) is 4.61. The van der Waals surface area contributed by atoms with E-state index in [4.69, 9.17) is 0 Å². The Morgan fingerprint density at radius 3 is 2.75 bits per heavy atom. The van der Waals surface area contributed by atoms with E-state index in [0.717, 1.165) is 33.2 Å². The van der Waals surface area contributed by atoms with Crippen LogP contribution in [0, 0.1) is 0 Å². The molecule has 0 bridgehead atoms. The number of rotatable bonds is 6. The molecule has 28 heavy (non-hydrogen) atoms. The summed E-state index contributed by atoms with van der Waals surface area (Å²) in [6.07, 6.45) is 2.43. The Morgan fingerprint density at radius 1 is 1.14 bits per heavy atom. The Morgan fingerprint density at radius 2 is 1.96 bits per heavy atom. The normalized spacial score (nSPS) is 13.7. The van der Waals surface area contributed by atoms with Gasteiger partial charge in [-0.05, 0) is 42.7 Å². The van der Waals surface area contributed by atoms with Crippen molar-refractivity contribution in [3.8, 4) is 0 Å². The van der Waals surface area contributed by atoms with Crippen molar-refractivity contribution >= 4 is 45.2 Å². The van der Waals surface area contributed by atoms with Gasteiger partial charge in [0.25, 0.3) is 5.91 Å². The number of para-hydroxylation sites is 2. The van der Waals surface area contributed by atoms with Gasteiger partial charge in [0.05, 0.1) is 16.7 Å². The van der Waals surface area contributed by atoms with E-state index >= 15 is 0 Å². The van der Waals surface area contributed by atoms with Gasteiger partial charge in [-0.25, -0.2) is 9.97 Å². The summed E-state index contributed by atoms with van der Waals surface area (Å²) < 4.78 is 0. The van der Waals surface area contributed by atoms with Crippen LogP contribution in [0.5, 0.6) is 0 Å². The van der Waals surface area contributed by atoms with Gasteiger partial charge < -0.3 is 4.98 Å². The second-order valence-corrected chi connectivity index (χ2v) is 8.67. The molecule has 0 aliphatic heterocycles. The summed E-state index contributed by atoms with van der Waals surface area (Å²) in [5, 5.41) is 6.53. The number of carbonyl (C=O) groups is 1. The van der Waals surface area contributed by atoms with Gasteiger partial charge in [0.2, 0.25) is 0 Å². The highest BCUT2D eigenvalue weighted by atomic mass is 32.2. The van der Waals surface area contributed by atoms with Crippen molar-refractivity contribution in [2.45, 2.75) is 29.7 Å². The Labute approximate surface area is 170 Å². The Hall–Kier alpha value is -2.64. The fourth-order valence-electron chi connectivity index (χ4n) is 2.98. The monoisotopic (exact) mass is 406 g/mol. The van der Waals surface area contributed by atoms with E-state index in [9.17, 15) is 4.79 Å². The molecule has 0 unspecified atom stereocenters. The number of thiazole rings is 1. The minimum Gasteiger partial charge on any atom is -0.333 e. The highest BCUT2D eigenvalue weighted by molar-refractivity contribution is 7.98. The number of fused-ring (bicyclic) bond motifs is 1. The molecule has 2 N–H and O–H groups in total. The Balaban J connectivity index is 1.20. The second-order valence-electron chi connectivity index (χ2n) is 6.85. The van der Waals surface area contributed by atoms with Gasteiger partial charge in [-0.3, -0.25) is 10.1 Å². The number of benzene rings is 2. The number of amides is 1. The van der Waals surface area contributed by atoms with E-state index in [2.05, 4.69) is 20.3 Å². The number of nitrogens with zero attached hydrogens (tertiary/aromatic N) is 2. The summed E-state index contributed by atoms with van der Waals surface area (Å²) in [5.74, 6) is 1.28. The molecule has 140 valence electrons. The van der Waals surface area contributed by atoms with Crippen molar-refractivity contribution in [1.29, 1.82) is 0 Å². The quantitative estimate of drug-likeness (QED) is 0.418. The fraction of sp³-hybridized carbons (Fsp3) is 0.190. The first-order valence-corrected chi connectivity index (χ1v) is 11.0. The summed E-state index contributed by atoms with van der Waals surface area (Å²) >= 11 is 3.15. The van der Waals surface area contributed by atoms with Crippen molar-refractivity contribution in [2.75, 3.05) is 5.32 Å². The van der Waals surface area contributed by atoms with Gasteiger partial charge in [0, 0.05) is 22.6 Å². The van der Waals surface area contributed by atoms with Crippen LogP contribution in [0.25, 0.3) is 11.0 Å². The van der Waals surface area contributed by atoms with E-state index in [0.29, 0.717) is 16.6 Å². The minimum atomic E-state index is -0.117. The molecule has 5 rings (SSSR count). The van der Waals surface area contributed by atoms with Gasteiger partial charge in [-0.15, -0.1) is 11.3 Å². The summed E-state index contributed by atoms with van der Waals surface area (Å²) in [7, 11) is 0. The molecule has 2 aromatic carbocycles. The molecule has 2 aromatic heterocycles. The number of hydrogen-bond acceptors (Lipinski definition) is 5. The molecule has 7 heteroatoms. The van der Waals surface area contributed by atoms with Crippen molar-refractivity contribution in [3.05, 3.63) is 70.7 Å². The molecule has 5 nitrogen and oxygen atoms in total. The van der Waals surface area contributed by atoms with Crippen LogP contribution in [0.4, 0.5) is 5.13 Å². The van der Waals surface area contributed by atoms with Crippen LogP contribution in [0.2, 0.25) is 0 Å². The van der Waals surface area contributed by atoms with Crippen LogP contribution >= 0.6 is 23.1 Å². The van der Waals surface area contributed by atoms with E-state index in [-0.39, 0.29) is 5.91 Å². The first-order valence-electron chi connectivity index (χ1n) is 9.18. The van der Waals surface area contributed by atoms with Crippen LogP contribution in [-0.2, 0) is 5.75 Å². The van der Waals surface area contributed by atoms with Gasteiger partial charge in [0.1, 0.15) is 0 Å². The molecule has 1 aliphatic rings. The molecular weight excluding hydrogens is 388 g/mol. The maximum atomic E-state index is 12.4. The molecule has 2 heterocycles. The third-order valence-corrected chi connectivity index (χ3v) is 6.42. The Bertz CT molecular complexity index is 1100. The molecule has 0 saturated heterocycles. The average molecular weight is 407 g/mol. The van der Waals surface area contributed by atoms with Crippen LogP contribution in [0.1, 0.15) is 40.4 Å². The zero-order valence-electron chi connectivity index (χ0n) is 15.0. The number of thioether (sulfide) groups is 1. The molecule has 1 aliphatic carbocycles. The maximum absolute atomic E-state index is 12.4. The van der Waals surface area contributed by atoms with Gasteiger partial charge in [-0.2, -0.15) is 0 Å². The zero-order chi connectivity index (χ0) is 18.9. The highest BCUT2D eigenvalue weighted by Crippen LogP contribution is 2.40. The van der Waals surface area contributed by atoms with Gasteiger partial charge in [0.15, 0.2) is 10.3 Å². The number of imidazole rings is 1. The topological polar surface area (TPSA) is 70.7 Å². The van der Waals surface area contributed by atoms with E-state index < -0.39 is 0 Å². The molecule has 0 radical (unpaired) electrons. The van der Waals surface area contributed by atoms with Crippen molar-refractivity contribution in [1.82, 2.24) is 15.0 Å². The van der Waals surface area contributed by atoms with E-state index in [1.807, 2.05) is 53.9 Å². The highest BCUT2D eigenvalue weighted by Gasteiger charge is 2.26. The van der Waals surface area contributed by atoms with Crippen LogP contribution in [0.15, 0.2) is 59.1 Å². The molecule has 0 spiro atoms. The number of hydrogen-bond donors (Lipinski definition) is 2. The summed E-state index contributed by atoms with van der Waals surface area (Å²) in [6, 6.07) is 15.7. The number of carbonyl (C=O) groups excluding carboxylic acids is 1. The van der Waals surface area contributed by atoms with Crippen LogP contribution in [-0.4, -0.2) is 20.9 Å². The van der Waals surface area contributed by atoms with Crippen molar-refractivity contribution in [3.63, 3.8) is 0 Å². The zero-order valence-corrected chi connectivity index (χ0v) is 16.6. The summed E-state index contributed by atoms with van der Waals surface area (Å²) in [6.45, 7) is 0. The summed E-state index contributed by atoms with van der Waals surface area (Å²) in [4.78, 5) is 24.8. The lowest BCUT2D eigenvalue weighted by Crippen LogP contribution is -2.11. The predicted molar refractivity (Wildman–Crippen MR) is 114 cm³/mol. The largest absolute Gasteiger partial charge is 0.333 e. The number of H-pyrrole nitrogens is 1. The van der Waals surface area contributed by atoms with E-state index in [1.165, 1.54) is 24.2 Å². The number of anilines is 1. The average Bonchev–Trinajstić information content (AvgIpc) is 3.32. The van der Waals surface area contributed by atoms with Gasteiger partial charge >= 0.3 is 0 Å². The number of aromatic nitrogens is 3. The standard InChI is InChI=1S/C21H18N4OS2/c26-19(25-21-24-18(12-28-21)14-9-10-14)15-7-5-13(6-8-15)11-27-20-22-16-3-1-2-4-17(16)23-20/h1-8,12,14H,9-11H2,(H,22,23)(H,24,25,26). The lowest BCUT2D eigenvalue weighted by atomic mass is 10.1. The maximum Gasteiger partial charge on any atom is 0.257 e. The number of nitrogens with one attached hydrogen (secondary N) is 2. The molecule has 4 aromatic rings. The molecule has 1 saturated carbocycles. The van der Waals surface area contributed by atoms with E-state index in [1.54, 1.807) is 11.8 Å². The minimum absolute atomic E-state index is 0.117. The second kappa shape index (κ2) is 7.41. The smallest absolute Gasteiger partial charge is 0.257 e. The molecule has 1 fully saturated rings. The SMILES string of the molecule is O=C(Nc1nc(C2CC2)cs1)c1ccc(CSc2nc3ccccc3[nH]2)cc1. The summed E-state index contributed by atoms with van der Waals surface area (Å²) in [5.41, 5.74) is 4.92.